The van der Waals surface area contributed by atoms with Gasteiger partial charge < -0.3 is 11.1 Å². The van der Waals surface area contributed by atoms with Crippen LogP contribution in [0, 0.1) is 5.92 Å². The minimum atomic E-state index is 0. The maximum Gasteiger partial charge on any atom is 0.261 e. The number of nitrogens with two attached hydrogens (primary N) is 1. The predicted octanol–water partition coefficient (Wildman–Crippen LogP) is 4.30. The Morgan fingerprint density at radius 3 is 2.84 bits per heavy atom. The van der Waals surface area contributed by atoms with E-state index in [0.717, 1.165) is 39.5 Å². The molecule has 4 nitrogen and oxygen atoms in total. The first kappa shape index (κ1) is 18.3. The fourth-order valence-corrected chi connectivity index (χ4v) is 5.23. The van der Waals surface area contributed by atoms with Crippen LogP contribution in [0.5, 0.6) is 0 Å². The molecule has 7 heteroatoms. The van der Waals surface area contributed by atoms with E-state index in [1.807, 2.05) is 30.3 Å². The van der Waals surface area contributed by atoms with E-state index in [2.05, 4.69) is 16.4 Å². The lowest BCUT2D eigenvalue weighted by Crippen LogP contribution is -2.39. The Morgan fingerprint density at radius 1 is 1.20 bits per heavy atom. The number of para-hydroxylation sites is 1. The van der Waals surface area contributed by atoms with Gasteiger partial charge in [-0.05, 0) is 49.6 Å². The lowest BCUT2D eigenvalue weighted by molar-refractivity contribution is 0.0933. The summed E-state index contributed by atoms with van der Waals surface area (Å²) in [6.45, 7) is 0.645. The van der Waals surface area contributed by atoms with Crippen molar-refractivity contribution >= 4 is 51.2 Å². The van der Waals surface area contributed by atoms with Crippen molar-refractivity contribution in [1.82, 2.24) is 10.3 Å². The van der Waals surface area contributed by atoms with Crippen LogP contribution >= 0.6 is 35.1 Å². The summed E-state index contributed by atoms with van der Waals surface area (Å²) < 4.78 is 1.17. The maximum atomic E-state index is 12.5. The van der Waals surface area contributed by atoms with E-state index >= 15 is 0 Å². The van der Waals surface area contributed by atoms with Gasteiger partial charge in [0, 0.05) is 6.04 Å². The zero-order valence-corrected chi connectivity index (χ0v) is 16.1. The SMILES string of the molecule is Cl.NCC1CCCC1NC(=O)c1ccc(-c2nc3ccccc3s2)s1. The average molecular weight is 394 g/mol. The number of carbonyl (C=O) groups is 1. The van der Waals surface area contributed by atoms with Crippen LogP contribution in [0.25, 0.3) is 20.1 Å². The number of aromatic nitrogens is 1. The summed E-state index contributed by atoms with van der Waals surface area (Å²) in [6, 6.07) is 12.2. The third kappa shape index (κ3) is 3.72. The van der Waals surface area contributed by atoms with Crippen LogP contribution in [0.1, 0.15) is 28.9 Å². The van der Waals surface area contributed by atoms with Crippen LogP contribution in [-0.2, 0) is 0 Å². The zero-order chi connectivity index (χ0) is 16.5. The number of fused-ring (bicyclic) bond motifs is 1. The monoisotopic (exact) mass is 393 g/mol. The fraction of sp³-hybridized carbons (Fsp3) is 0.333. The molecular formula is C18H20ClN3OS2. The second-order valence-electron chi connectivity index (χ2n) is 6.16. The molecule has 0 bridgehead atoms. The number of nitrogens with zero attached hydrogens (tertiary/aromatic N) is 1. The Kier molecular flexibility index (Phi) is 5.74. The van der Waals surface area contributed by atoms with Crippen LogP contribution in [0.2, 0.25) is 0 Å². The minimum absolute atomic E-state index is 0. The Labute approximate surface area is 160 Å². The normalized spacial score (nSPS) is 19.7. The smallest absolute Gasteiger partial charge is 0.261 e. The number of benzene rings is 1. The molecule has 2 atom stereocenters. The molecule has 132 valence electrons. The largest absolute Gasteiger partial charge is 0.348 e. The van der Waals surface area contributed by atoms with Crippen LogP contribution < -0.4 is 11.1 Å². The van der Waals surface area contributed by atoms with Gasteiger partial charge in [-0.25, -0.2) is 4.98 Å². The fourth-order valence-electron chi connectivity index (χ4n) is 3.30. The van der Waals surface area contributed by atoms with Crippen molar-refractivity contribution < 1.29 is 4.79 Å². The van der Waals surface area contributed by atoms with E-state index < -0.39 is 0 Å². The standard InChI is InChI=1S/C18H19N3OS2.ClH/c19-10-11-4-3-6-12(11)20-17(22)15-8-9-16(23-15)18-21-13-5-1-2-7-14(13)24-18;/h1-2,5,7-9,11-12H,3-4,6,10,19H2,(H,20,22);1H. The lowest BCUT2D eigenvalue weighted by Gasteiger charge is -2.18. The first-order valence-electron chi connectivity index (χ1n) is 8.21. The van der Waals surface area contributed by atoms with Crippen LogP contribution in [0.3, 0.4) is 0 Å². The highest BCUT2D eigenvalue weighted by molar-refractivity contribution is 7.26. The van der Waals surface area contributed by atoms with Crippen molar-refractivity contribution in [2.45, 2.75) is 25.3 Å². The molecule has 1 aromatic carbocycles. The molecule has 3 N–H and O–H groups in total. The molecule has 2 aromatic heterocycles. The van der Waals surface area contributed by atoms with Crippen LogP contribution in [-0.4, -0.2) is 23.5 Å². The molecule has 1 amide bonds. The molecule has 25 heavy (non-hydrogen) atoms. The number of thiophene rings is 1. The van der Waals surface area contributed by atoms with Gasteiger partial charge in [0.1, 0.15) is 5.01 Å². The Balaban J connectivity index is 0.00000182. The number of carbonyl (C=O) groups excluding carboxylic acids is 1. The summed E-state index contributed by atoms with van der Waals surface area (Å²) in [5.41, 5.74) is 6.81. The van der Waals surface area contributed by atoms with Crippen LogP contribution in [0.15, 0.2) is 36.4 Å². The quantitative estimate of drug-likeness (QED) is 0.694. The Bertz CT molecular complexity index is 843. The minimum Gasteiger partial charge on any atom is -0.348 e. The van der Waals surface area contributed by atoms with Crippen molar-refractivity contribution in [2.75, 3.05) is 6.54 Å². The molecule has 2 heterocycles. The number of hydrogen-bond acceptors (Lipinski definition) is 5. The van der Waals surface area contributed by atoms with Gasteiger partial charge in [0.2, 0.25) is 0 Å². The molecule has 0 radical (unpaired) electrons. The third-order valence-corrected chi connectivity index (χ3v) is 6.90. The van der Waals surface area contributed by atoms with Gasteiger partial charge in [0.15, 0.2) is 0 Å². The molecule has 0 aliphatic heterocycles. The third-order valence-electron chi connectivity index (χ3n) is 4.61. The summed E-state index contributed by atoms with van der Waals surface area (Å²) in [4.78, 5) is 19.0. The van der Waals surface area contributed by atoms with E-state index in [0.29, 0.717) is 12.5 Å². The topological polar surface area (TPSA) is 68.0 Å². The number of hydrogen-bond donors (Lipinski definition) is 2. The highest BCUT2D eigenvalue weighted by atomic mass is 35.5. The summed E-state index contributed by atoms with van der Waals surface area (Å²) in [5, 5.41) is 4.14. The number of rotatable bonds is 4. The molecule has 1 saturated carbocycles. The van der Waals surface area contributed by atoms with Crippen molar-refractivity contribution in [3.63, 3.8) is 0 Å². The number of amides is 1. The number of thiazole rings is 1. The molecule has 1 fully saturated rings. The van der Waals surface area contributed by atoms with E-state index in [4.69, 9.17) is 5.73 Å². The number of halogens is 1. The van der Waals surface area contributed by atoms with Gasteiger partial charge in [0.05, 0.1) is 20.0 Å². The second kappa shape index (κ2) is 7.83. The molecular weight excluding hydrogens is 374 g/mol. The number of nitrogens with one attached hydrogen (secondary N) is 1. The average Bonchev–Trinajstić information content (AvgIpc) is 3.32. The van der Waals surface area contributed by atoms with Gasteiger partial charge in [0.25, 0.3) is 5.91 Å². The highest BCUT2D eigenvalue weighted by Crippen LogP contribution is 2.34. The first-order valence-corrected chi connectivity index (χ1v) is 9.84. The maximum absolute atomic E-state index is 12.5. The van der Waals surface area contributed by atoms with E-state index in [-0.39, 0.29) is 24.4 Å². The molecule has 3 aromatic rings. The van der Waals surface area contributed by atoms with E-state index in [1.54, 1.807) is 11.3 Å². The summed E-state index contributed by atoms with van der Waals surface area (Å²) in [5.74, 6) is 0.426. The van der Waals surface area contributed by atoms with Gasteiger partial charge in [-0.2, -0.15) is 0 Å². The van der Waals surface area contributed by atoms with Gasteiger partial charge in [-0.1, -0.05) is 18.6 Å². The summed E-state index contributed by atoms with van der Waals surface area (Å²) in [7, 11) is 0. The first-order chi connectivity index (χ1) is 11.7. The van der Waals surface area contributed by atoms with Crippen LogP contribution in [0.4, 0.5) is 0 Å². The molecule has 0 spiro atoms. The molecule has 1 aliphatic carbocycles. The van der Waals surface area contributed by atoms with Crippen molar-refractivity contribution in [3.05, 3.63) is 41.3 Å². The zero-order valence-electron chi connectivity index (χ0n) is 13.6. The molecule has 0 saturated heterocycles. The van der Waals surface area contributed by atoms with Crippen molar-refractivity contribution in [2.24, 2.45) is 11.7 Å². The molecule has 4 rings (SSSR count). The summed E-state index contributed by atoms with van der Waals surface area (Å²) in [6.07, 6.45) is 3.29. The van der Waals surface area contributed by atoms with Gasteiger partial charge in [-0.15, -0.1) is 35.1 Å². The molecule has 2 unspecified atom stereocenters. The lowest BCUT2D eigenvalue weighted by atomic mass is 10.0. The highest BCUT2D eigenvalue weighted by Gasteiger charge is 2.28. The van der Waals surface area contributed by atoms with E-state index in [9.17, 15) is 4.79 Å². The Morgan fingerprint density at radius 2 is 2.04 bits per heavy atom. The summed E-state index contributed by atoms with van der Waals surface area (Å²) >= 11 is 3.17. The predicted molar refractivity (Wildman–Crippen MR) is 108 cm³/mol. The van der Waals surface area contributed by atoms with Crippen molar-refractivity contribution in [3.8, 4) is 9.88 Å². The van der Waals surface area contributed by atoms with Gasteiger partial charge >= 0.3 is 0 Å². The Hall–Kier alpha value is -1.47. The second-order valence-corrected chi connectivity index (χ2v) is 8.27. The molecule has 1 aliphatic rings. The van der Waals surface area contributed by atoms with Gasteiger partial charge in [-0.3, -0.25) is 4.79 Å². The van der Waals surface area contributed by atoms with E-state index in [1.165, 1.54) is 16.0 Å². The van der Waals surface area contributed by atoms with Crippen molar-refractivity contribution in [1.29, 1.82) is 0 Å².